The molecule has 26 heavy (non-hydrogen) atoms. The second kappa shape index (κ2) is 8.48. The van der Waals surface area contributed by atoms with E-state index in [1.807, 2.05) is 0 Å². The first kappa shape index (κ1) is 19.5. The molecule has 0 heterocycles. The minimum absolute atomic E-state index is 0.103. The van der Waals surface area contributed by atoms with Crippen LogP contribution in [0.1, 0.15) is 28.4 Å². The van der Waals surface area contributed by atoms with Crippen LogP contribution in [0.3, 0.4) is 0 Å². The van der Waals surface area contributed by atoms with Gasteiger partial charge in [0.1, 0.15) is 5.82 Å². The zero-order valence-corrected chi connectivity index (χ0v) is 14.2. The number of carbonyl (C=O) groups excluding carboxylic acids is 2. The van der Waals surface area contributed by atoms with E-state index in [4.69, 9.17) is 4.84 Å². The van der Waals surface area contributed by atoms with Crippen LogP contribution in [0.2, 0.25) is 0 Å². The second-order valence-corrected chi connectivity index (χ2v) is 5.45. The second-order valence-electron chi connectivity index (χ2n) is 5.45. The largest absolute Gasteiger partial charge is 0.350 e. The SMILES string of the molecule is CCON(C=O)Cc1cc(C=O)c(Nc2ccc(C)cc2F)c(F)c1F. The molecule has 1 N–H and O–H groups in total. The molecular formula is C18H17F3N2O3. The van der Waals surface area contributed by atoms with Gasteiger partial charge in [-0.2, -0.15) is 0 Å². The van der Waals surface area contributed by atoms with Crippen LogP contribution in [0.25, 0.3) is 0 Å². The number of hydrogen-bond donors (Lipinski definition) is 1. The summed E-state index contributed by atoms with van der Waals surface area (Å²) >= 11 is 0. The fraction of sp³-hybridized carbons (Fsp3) is 0.222. The van der Waals surface area contributed by atoms with Gasteiger partial charge < -0.3 is 5.32 Å². The maximum absolute atomic E-state index is 14.5. The average Bonchev–Trinajstić information content (AvgIpc) is 2.62. The molecule has 138 valence electrons. The summed E-state index contributed by atoms with van der Waals surface area (Å²) in [4.78, 5) is 27.1. The Labute approximate surface area is 148 Å². The Kier molecular flexibility index (Phi) is 6.35. The lowest BCUT2D eigenvalue weighted by Gasteiger charge is -2.18. The Hall–Kier alpha value is -2.87. The van der Waals surface area contributed by atoms with Crippen LogP contribution in [-0.4, -0.2) is 24.4 Å². The van der Waals surface area contributed by atoms with Crippen LogP contribution in [0.15, 0.2) is 24.3 Å². The third-order valence-corrected chi connectivity index (χ3v) is 3.56. The number of halogens is 3. The van der Waals surface area contributed by atoms with Crippen LogP contribution < -0.4 is 5.32 Å². The molecule has 8 heteroatoms. The number of carbonyl (C=O) groups is 2. The van der Waals surface area contributed by atoms with Crippen LogP contribution in [0.4, 0.5) is 24.5 Å². The lowest BCUT2D eigenvalue weighted by molar-refractivity contribution is -0.173. The number of nitrogens with one attached hydrogen (secondary N) is 1. The zero-order valence-electron chi connectivity index (χ0n) is 14.2. The molecule has 5 nitrogen and oxygen atoms in total. The standard InChI is InChI=1S/C18H17F3N2O3/c1-3-26-23(10-25)8-12-7-13(9-24)18(17(21)16(12)20)22-15-5-4-11(2)6-14(15)19/h4-7,9-10,22H,3,8H2,1-2H3. The highest BCUT2D eigenvalue weighted by atomic mass is 19.2. The number of benzene rings is 2. The molecule has 0 saturated heterocycles. The highest BCUT2D eigenvalue weighted by Gasteiger charge is 2.21. The molecule has 0 aliphatic rings. The van der Waals surface area contributed by atoms with Gasteiger partial charge in [-0.25, -0.2) is 18.2 Å². The van der Waals surface area contributed by atoms with E-state index in [1.54, 1.807) is 19.9 Å². The summed E-state index contributed by atoms with van der Waals surface area (Å²) in [5.41, 5.74) is -0.413. The van der Waals surface area contributed by atoms with Crippen LogP contribution >= 0.6 is 0 Å². The highest BCUT2D eigenvalue weighted by Crippen LogP contribution is 2.29. The van der Waals surface area contributed by atoms with Gasteiger partial charge in [-0.1, -0.05) is 6.07 Å². The summed E-state index contributed by atoms with van der Waals surface area (Å²) in [5.74, 6) is -3.29. The van der Waals surface area contributed by atoms with Gasteiger partial charge in [0.15, 0.2) is 17.9 Å². The first-order valence-electron chi connectivity index (χ1n) is 7.75. The predicted octanol–water partition coefficient (Wildman–Crippen LogP) is 3.88. The minimum atomic E-state index is -1.35. The number of anilines is 2. The summed E-state index contributed by atoms with van der Waals surface area (Å²) < 4.78 is 42.8. The van der Waals surface area contributed by atoms with E-state index in [0.717, 1.165) is 11.1 Å². The molecule has 0 radical (unpaired) electrons. The van der Waals surface area contributed by atoms with E-state index >= 15 is 0 Å². The average molecular weight is 366 g/mol. The fourth-order valence-corrected chi connectivity index (χ4v) is 2.34. The number of nitrogens with zero attached hydrogens (tertiary/aromatic N) is 1. The van der Waals surface area contributed by atoms with Crippen LogP contribution in [-0.2, 0) is 16.2 Å². The van der Waals surface area contributed by atoms with Crippen molar-refractivity contribution in [1.29, 1.82) is 0 Å². The maximum atomic E-state index is 14.5. The Morgan fingerprint density at radius 2 is 1.88 bits per heavy atom. The Balaban J connectivity index is 2.43. The topological polar surface area (TPSA) is 58.6 Å². The van der Waals surface area contributed by atoms with Crippen LogP contribution in [0.5, 0.6) is 0 Å². The van der Waals surface area contributed by atoms with Gasteiger partial charge in [0, 0.05) is 11.1 Å². The number of aldehydes is 1. The Morgan fingerprint density at radius 3 is 2.46 bits per heavy atom. The van der Waals surface area contributed by atoms with E-state index in [-0.39, 0.29) is 30.0 Å². The molecule has 1 amide bonds. The van der Waals surface area contributed by atoms with Crippen molar-refractivity contribution in [2.75, 3.05) is 11.9 Å². The molecule has 2 aromatic rings. The summed E-state index contributed by atoms with van der Waals surface area (Å²) in [6, 6.07) is 5.23. The predicted molar refractivity (Wildman–Crippen MR) is 89.4 cm³/mol. The van der Waals surface area contributed by atoms with Crippen LogP contribution in [0, 0.1) is 24.4 Å². The van der Waals surface area contributed by atoms with Gasteiger partial charge in [-0.05, 0) is 37.6 Å². The maximum Gasteiger partial charge on any atom is 0.233 e. The van der Waals surface area contributed by atoms with E-state index in [1.165, 1.54) is 12.1 Å². The van der Waals surface area contributed by atoms with E-state index < -0.39 is 23.1 Å². The van der Waals surface area contributed by atoms with Gasteiger partial charge in [-0.3, -0.25) is 14.4 Å². The van der Waals surface area contributed by atoms with Gasteiger partial charge >= 0.3 is 0 Å². The highest BCUT2D eigenvalue weighted by molar-refractivity contribution is 5.87. The smallest absolute Gasteiger partial charge is 0.233 e. The molecule has 0 aromatic heterocycles. The lowest BCUT2D eigenvalue weighted by Crippen LogP contribution is -2.23. The van der Waals surface area contributed by atoms with Gasteiger partial charge in [0.25, 0.3) is 0 Å². The molecule has 0 spiro atoms. The summed E-state index contributed by atoms with van der Waals surface area (Å²) in [7, 11) is 0. The normalized spacial score (nSPS) is 10.5. The number of hydroxylamine groups is 2. The molecule has 0 aliphatic heterocycles. The zero-order chi connectivity index (χ0) is 19.3. The van der Waals surface area contributed by atoms with Crippen molar-refractivity contribution >= 4 is 24.1 Å². The lowest BCUT2D eigenvalue weighted by atomic mass is 10.1. The number of rotatable bonds is 8. The van der Waals surface area contributed by atoms with E-state index in [0.29, 0.717) is 18.3 Å². The van der Waals surface area contributed by atoms with Crippen molar-refractivity contribution in [3.05, 3.63) is 58.4 Å². The van der Waals surface area contributed by atoms with Gasteiger partial charge in [-0.15, -0.1) is 0 Å². The van der Waals surface area contributed by atoms with Crippen molar-refractivity contribution in [1.82, 2.24) is 5.06 Å². The summed E-state index contributed by atoms with van der Waals surface area (Å²) in [5, 5.41) is 3.19. The minimum Gasteiger partial charge on any atom is -0.350 e. The van der Waals surface area contributed by atoms with Crippen molar-refractivity contribution in [3.63, 3.8) is 0 Å². The van der Waals surface area contributed by atoms with Gasteiger partial charge in [0.05, 0.1) is 24.5 Å². The molecule has 0 atom stereocenters. The molecule has 0 aliphatic carbocycles. The first-order chi connectivity index (χ1) is 12.4. The first-order valence-corrected chi connectivity index (χ1v) is 7.75. The molecule has 0 unspecified atom stereocenters. The Bertz CT molecular complexity index is 828. The number of aryl methyl sites for hydroxylation is 1. The van der Waals surface area contributed by atoms with Gasteiger partial charge in [0.2, 0.25) is 6.41 Å². The molecule has 0 bridgehead atoms. The molecule has 2 aromatic carbocycles. The van der Waals surface area contributed by atoms with Crippen molar-refractivity contribution in [3.8, 4) is 0 Å². The van der Waals surface area contributed by atoms with E-state index in [9.17, 15) is 22.8 Å². The molecule has 2 rings (SSSR count). The number of amides is 1. The van der Waals surface area contributed by atoms with E-state index in [2.05, 4.69) is 5.32 Å². The quantitative estimate of drug-likeness (QED) is 0.569. The molecule has 0 fully saturated rings. The third kappa shape index (κ3) is 4.20. The molecule has 0 saturated carbocycles. The van der Waals surface area contributed by atoms with Crippen molar-refractivity contribution in [2.24, 2.45) is 0 Å². The summed E-state index contributed by atoms with van der Waals surface area (Å²) in [6.07, 6.45) is 0.627. The van der Waals surface area contributed by atoms with Crippen molar-refractivity contribution in [2.45, 2.75) is 20.4 Å². The third-order valence-electron chi connectivity index (χ3n) is 3.56. The van der Waals surface area contributed by atoms with Crippen molar-refractivity contribution < 1.29 is 27.6 Å². The Morgan fingerprint density at radius 1 is 1.15 bits per heavy atom. The fourth-order valence-electron chi connectivity index (χ4n) is 2.34. The number of hydrogen-bond acceptors (Lipinski definition) is 4. The summed E-state index contributed by atoms with van der Waals surface area (Å²) in [6.45, 7) is 3.05. The monoisotopic (exact) mass is 366 g/mol. The molecular weight excluding hydrogens is 349 g/mol.